The molecule has 2 aliphatic heterocycles. The number of oxazole rings is 2. The normalized spacial score (nSPS) is 16.5. The van der Waals surface area contributed by atoms with Gasteiger partial charge in [0.15, 0.2) is 0 Å². The first-order chi connectivity index (χ1) is 25.0. The minimum atomic E-state index is 0.584. The van der Waals surface area contributed by atoms with Gasteiger partial charge in [0.1, 0.15) is 14.1 Å². The highest BCUT2D eigenvalue weighted by Gasteiger charge is 2.42. The van der Waals surface area contributed by atoms with Gasteiger partial charge in [-0.15, -0.1) is 9.15 Å². The SMILES string of the molecule is C[N+]1=C(c2cnc(-c3ccc(N(c4ccccc4)c4ccc(-c5ncc(C6=[N+](C)c7ccccc7[NH+]6C)o5)cc4)cc3)o2)[NH+](C)c2ccccc21. The minimum Gasteiger partial charge on any atom is -0.424 e. The minimum absolute atomic E-state index is 0.584. The third kappa shape index (κ3) is 5.10. The standard InChI is InChI=1S/C42H35N7O2/c1-45-33-14-8-9-15-34(33)46(2)41(45)37-26-43-39(50-37)28-18-22-31(23-19-28)49(30-12-6-5-7-13-30)32-24-20-29(21-25-32)40-44-27-38(51-40)42-47(3)35-16-10-11-17-36(35)48(42)4/h5-27H,1-4H3/q+2/p+2. The van der Waals surface area contributed by atoms with Crippen LogP contribution in [0.25, 0.3) is 22.9 Å². The quantitative estimate of drug-likeness (QED) is 0.197. The molecule has 2 aliphatic rings. The molecule has 9 nitrogen and oxygen atoms in total. The van der Waals surface area contributed by atoms with Gasteiger partial charge < -0.3 is 13.7 Å². The first-order valence-corrected chi connectivity index (χ1v) is 17.0. The third-order valence-corrected chi connectivity index (χ3v) is 9.96. The van der Waals surface area contributed by atoms with E-state index in [1.807, 2.05) is 18.5 Å². The van der Waals surface area contributed by atoms with E-state index in [0.29, 0.717) is 11.8 Å². The molecular formula is C42H37N7O2+4. The van der Waals surface area contributed by atoms with Crippen LogP contribution in [0.2, 0.25) is 0 Å². The van der Waals surface area contributed by atoms with Crippen LogP contribution < -0.4 is 14.7 Å². The number of anilines is 3. The summed E-state index contributed by atoms with van der Waals surface area (Å²) in [5, 5.41) is 0. The fourth-order valence-corrected chi connectivity index (χ4v) is 7.43. The zero-order valence-corrected chi connectivity index (χ0v) is 28.8. The molecule has 0 saturated heterocycles. The molecule has 4 heterocycles. The van der Waals surface area contributed by atoms with Crippen molar-refractivity contribution < 1.29 is 27.8 Å². The number of nitrogens with one attached hydrogen (secondary N) is 2. The molecule has 248 valence electrons. The van der Waals surface area contributed by atoms with Gasteiger partial charge in [0.25, 0.3) is 22.9 Å². The number of para-hydroxylation sites is 5. The highest BCUT2D eigenvalue weighted by molar-refractivity contribution is 5.91. The molecule has 9 rings (SSSR count). The fourth-order valence-electron chi connectivity index (χ4n) is 7.43. The van der Waals surface area contributed by atoms with Crippen molar-refractivity contribution in [2.75, 3.05) is 33.1 Å². The Morgan fingerprint density at radius 2 is 0.882 bits per heavy atom. The Labute approximate surface area is 295 Å². The molecular weight excluding hydrogens is 635 g/mol. The van der Waals surface area contributed by atoms with E-state index in [0.717, 1.165) is 51.4 Å². The Bertz CT molecular complexity index is 2320. The lowest BCUT2D eigenvalue weighted by atomic mass is 10.1. The molecule has 0 fully saturated rings. The molecule has 0 bridgehead atoms. The van der Waals surface area contributed by atoms with Crippen molar-refractivity contribution in [3.8, 4) is 22.9 Å². The number of hydrogen-bond acceptors (Lipinski definition) is 5. The van der Waals surface area contributed by atoms with Crippen LogP contribution >= 0.6 is 0 Å². The topological polar surface area (TPSA) is 70.2 Å². The van der Waals surface area contributed by atoms with Gasteiger partial charge in [-0.05, 0) is 60.7 Å². The predicted octanol–water partition coefficient (Wildman–Crippen LogP) is 6.23. The number of quaternary nitrogens is 2. The molecule has 0 saturated carbocycles. The molecule has 2 atom stereocenters. The van der Waals surface area contributed by atoms with E-state index in [-0.39, 0.29) is 0 Å². The molecule has 5 aromatic carbocycles. The van der Waals surface area contributed by atoms with Crippen LogP contribution in [-0.4, -0.2) is 59.0 Å². The predicted molar refractivity (Wildman–Crippen MR) is 198 cm³/mol. The van der Waals surface area contributed by atoms with Gasteiger partial charge in [-0.1, -0.05) is 42.5 Å². The molecule has 2 aromatic heterocycles. The van der Waals surface area contributed by atoms with Gasteiger partial charge in [-0.25, -0.2) is 19.8 Å². The van der Waals surface area contributed by atoms with Crippen LogP contribution in [0, 0.1) is 0 Å². The molecule has 7 aromatic rings. The van der Waals surface area contributed by atoms with Crippen molar-refractivity contribution in [1.82, 2.24) is 9.97 Å². The van der Waals surface area contributed by atoms with Gasteiger partial charge in [-0.3, -0.25) is 0 Å². The van der Waals surface area contributed by atoms with E-state index in [9.17, 15) is 0 Å². The van der Waals surface area contributed by atoms with E-state index in [4.69, 9.17) is 8.83 Å². The van der Waals surface area contributed by atoms with Gasteiger partial charge in [-0.2, -0.15) is 0 Å². The average molecular weight is 672 g/mol. The van der Waals surface area contributed by atoms with Crippen molar-refractivity contribution >= 4 is 51.5 Å². The lowest BCUT2D eigenvalue weighted by Crippen LogP contribution is -3.06. The highest BCUT2D eigenvalue weighted by atomic mass is 16.4. The lowest BCUT2D eigenvalue weighted by Gasteiger charge is -2.25. The van der Waals surface area contributed by atoms with E-state index >= 15 is 0 Å². The van der Waals surface area contributed by atoms with Crippen molar-refractivity contribution in [2.24, 2.45) is 0 Å². The number of rotatable bonds is 7. The van der Waals surface area contributed by atoms with Gasteiger partial charge >= 0.3 is 11.7 Å². The molecule has 2 unspecified atom stereocenters. The van der Waals surface area contributed by atoms with Gasteiger partial charge in [0.05, 0.1) is 26.5 Å². The van der Waals surface area contributed by atoms with Crippen molar-refractivity contribution in [3.05, 3.63) is 151 Å². The maximum Gasteiger partial charge on any atom is 0.418 e. The maximum absolute atomic E-state index is 6.37. The summed E-state index contributed by atoms with van der Waals surface area (Å²) >= 11 is 0. The van der Waals surface area contributed by atoms with Crippen molar-refractivity contribution in [2.45, 2.75) is 0 Å². The maximum atomic E-state index is 6.37. The van der Waals surface area contributed by atoms with E-state index < -0.39 is 0 Å². The fraction of sp³-hybridized carbons (Fsp3) is 0.0952. The Morgan fingerprint density at radius 1 is 0.490 bits per heavy atom. The van der Waals surface area contributed by atoms with Crippen LogP contribution in [0.1, 0.15) is 11.5 Å². The summed E-state index contributed by atoms with van der Waals surface area (Å²) in [5.74, 6) is 4.75. The lowest BCUT2D eigenvalue weighted by molar-refractivity contribution is -0.717. The second-order valence-electron chi connectivity index (χ2n) is 12.9. The number of benzene rings is 5. The summed E-state index contributed by atoms with van der Waals surface area (Å²) in [6, 6.07) is 43.8. The molecule has 0 aliphatic carbocycles. The highest BCUT2D eigenvalue weighted by Crippen LogP contribution is 2.37. The monoisotopic (exact) mass is 671 g/mol. The Hall–Kier alpha value is -6.42. The molecule has 51 heavy (non-hydrogen) atoms. The third-order valence-electron chi connectivity index (χ3n) is 9.96. The van der Waals surface area contributed by atoms with Crippen LogP contribution in [-0.2, 0) is 0 Å². The molecule has 0 spiro atoms. The number of fused-ring (bicyclic) bond motifs is 2. The largest absolute Gasteiger partial charge is 0.424 e. The molecule has 0 amide bonds. The second-order valence-corrected chi connectivity index (χ2v) is 12.9. The number of nitrogens with zero attached hydrogens (tertiary/aromatic N) is 5. The smallest absolute Gasteiger partial charge is 0.418 e. The van der Waals surface area contributed by atoms with E-state index in [1.165, 1.54) is 32.5 Å². The average Bonchev–Trinajstić information content (AvgIpc) is 3.96. The summed E-state index contributed by atoms with van der Waals surface area (Å²) < 4.78 is 17.1. The Kier molecular flexibility index (Phi) is 7.31. The second kappa shape index (κ2) is 12.2. The number of amidine groups is 2. The zero-order chi connectivity index (χ0) is 34.6. The summed E-state index contributed by atoms with van der Waals surface area (Å²) in [7, 11) is 8.41. The zero-order valence-electron chi connectivity index (χ0n) is 28.8. The molecule has 0 radical (unpaired) electrons. The van der Waals surface area contributed by atoms with E-state index in [1.54, 1.807) is 0 Å². The molecule has 9 heteroatoms. The van der Waals surface area contributed by atoms with E-state index in [2.05, 4.69) is 174 Å². The first kappa shape index (κ1) is 30.6. The van der Waals surface area contributed by atoms with Crippen LogP contribution in [0.4, 0.5) is 39.8 Å². The summed E-state index contributed by atoms with van der Waals surface area (Å²) in [6.45, 7) is 0. The first-order valence-electron chi connectivity index (χ1n) is 17.0. The number of aromatic nitrogens is 2. The van der Waals surface area contributed by atoms with Gasteiger partial charge in [0, 0.05) is 52.5 Å². The Balaban J connectivity index is 0.989. The van der Waals surface area contributed by atoms with Crippen LogP contribution in [0.3, 0.4) is 0 Å². The van der Waals surface area contributed by atoms with Crippen molar-refractivity contribution in [3.63, 3.8) is 0 Å². The summed E-state index contributed by atoms with van der Waals surface area (Å²) in [5.41, 5.74) is 9.66. The van der Waals surface area contributed by atoms with Gasteiger partial charge in [0.2, 0.25) is 23.2 Å². The Morgan fingerprint density at radius 3 is 1.31 bits per heavy atom. The summed E-state index contributed by atoms with van der Waals surface area (Å²) in [4.78, 5) is 13.9. The number of hydrogen-bond donors (Lipinski definition) is 2. The van der Waals surface area contributed by atoms with Crippen LogP contribution in [0.15, 0.2) is 149 Å². The summed E-state index contributed by atoms with van der Waals surface area (Å²) in [6.07, 6.45) is 3.64. The van der Waals surface area contributed by atoms with Crippen LogP contribution in [0.5, 0.6) is 0 Å². The molecule has 2 N–H and O–H groups in total. The van der Waals surface area contributed by atoms with Crippen molar-refractivity contribution in [1.29, 1.82) is 0 Å².